The Morgan fingerprint density at radius 1 is 0.875 bits per heavy atom. The van der Waals surface area contributed by atoms with E-state index < -0.39 is 12.0 Å². The zero-order valence-corrected chi connectivity index (χ0v) is 18.4. The van der Waals surface area contributed by atoms with Crippen LogP contribution in [0.2, 0.25) is 0 Å². The van der Waals surface area contributed by atoms with Crippen molar-refractivity contribution in [1.82, 2.24) is 0 Å². The second-order valence-corrected chi connectivity index (χ2v) is 9.00. The Labute approximate surface area is 187 Å². The van der Waals surface area contributed by atoms with Crippen molar-refractivity contribution in [1.29, 1.82) is 0 Å². The van der Waals surface area contributed by atoms with Gasteiger partial charge in [-0.05, 0) is 67.5 Å². The molecule has 0 atom stereocenters. The molecule has 174 valence electrons. The first-order valence-electron chi connectivity index (χ1n) is 11.6. The average molecular weight is 449 g/mol. The number of benzene rings is 2. The van der Waals surface area contributed by atoms with Crippen LogP contribution in [0, 0.1) is 23.6 Å². The SMILES string of the molecule is CCCC1COC(C2CCC(C(F)(F)Oc3ccc(-c4ccc(F)cc4)cc3)CC2)OC1. The lowest BCUT2D eigenvalue weighted by atomic mass is 9.80. The summed E-state index contributed by atoms with van der Waals surface area (Å²) in [5.74, 6) is -0.402. The van der Waals surface area contributed by atoms with Gasteiger partial charge in [0.05, 0.1) is 19.1 Å². The zero-order chi connectivity index (χ0) is 22.6. The predicted octanol–water partition coefficient (Wildman–Crippen LogP) is 7.06. The van der Waals surface area contributed by atoms with Crippen LogP contribution in [0.1, 0.15) is 45.4 Å². The second-order valence-electron chi connectivity index (χ2n) is 9.00. The quantitative estimate of drug-likeness (QED) is 0.454. The Morgan fingerprint density at radius 3 is 2.00 bits per heavy atom. The molecule has 2 aliphatic rings. The Balaban J connectivity index is 1.28. The van der Waals surface area contributed by atoms with Crippen LogP contribution in [0.4, 0.5) is 13.2 Å². The fourth-order valence-corrected chi connectivity index (χ4v) is 4.73. The third-order valence-corrected chi connectivity index (χ3v) is 6.61. The molecule has 32 heavy (non-hydrogen) atoms. The van der Waals surface area contributed by atoms with E-state index >= 15 is 0 Å². The molecule has 2 aromatic rings. The molecule has 1 heterocycles. The molecule has 0 bridgehead atoms. The molecule has 2 aromatic carbocycles. The van der Waals surface area contributed by atoms with Crippen molar-refractivity contribution in [2.45, 2.75) is 57.8 Å². The third-order valence-electron chi connectivity index (χ3n) is 6.61. The molecule has 0 amide bonds. The lowest BCUT2D eigenvalue weighted by Crippen LogP contribution is -2.42. The smallest absolute Gasteiger partial charge is 0.400 e. The molecular formula is C26H31F3O3. The monoisotopic (exact) mass is 448 g/mol. The van der Waals surface area contributed by atoms with Crippen LogP contribution in [-0.4, -0.2) is 25.6 Å². The highest BCUT2D eigenvalue weighted by molar-refractivity contribution is 5.64. The van der Waals surface area contributed by atoms with Gasteiger partial charge in [0.15, 0.2) is 6.29 Å². The van der Waals surface area contributed by atoms with E-state index in [1.54, 1.807) is 24.3 Å². The van der Waals surface area contributed by atoms with Crippen LogP contribution in [0.25, 0.3) is 11.1 Å². The fraction of sp³-hybridized carbons (Fsp3) is 0.538. The fourth-order valence-electron chi connectivity index (χ4n) is 4.73. The van der Waals surface area contributed by atoms with Gasteiger partial charge in [-0.2, -0.15) is 8.78 Å². The van der Waals surface area contributed by atoms with E-state index in [1.165, 1.54) is 24.3 Å². The van der Waals surface area contributed by atoms with Crippen LogP contribution in [0.15, 0.2) is 48.5 Å². The first kappa shape index (κ1) is 23.1. The van der Waals surface area contributed by atoms with Crippen molar-refractivity contribution in [2.24, 2.45) is 17.8 Å². The van der Waals surface area contributed by atoms with Crippen LogP contribution in [0.5, 0.6) is 5.75 Å². The van der Waals surface area contributed by atoms with Crippen molar-refractivity contribution in [3.8, 4) is 16.9 Å². The molecule has 0 radical (unpaired) electrons. The highest BCUT2D eigenvalue weighted by Crippen LogP contribution is 2.42. The summed E-state index contributed by atoms with van der Waals surface area (Å²) in [6.45, 7) is 3.55. The van der Waals surface area contributed by atoms with E-state index in [1.807, 2.05) is 0 Å². The molecule has 1 aliphatic heterocycles. The normalized spacial score (nSPS) is 26.6. The maximum atomic E-state index is 14.8. The minimum absolute atomic E-state index is 0.129. The van der Waals surface area contributed by atoms with Crippen molar-refractivity contribution in [2.75, 3.05) is 13.2 Å². The van der Waals surface area contributed by atoms with Gasteiger partial charge in [0, 0.05) is 11.8 Å². The van der Waals surface area contributed by atoms with Crippen LogP contribution >= 0.6 is 0 Å². The molecule has 2 fully saturated rings. The molecule has 4 rings (SSSR count). The second kappa shape index (κ2) is 10.3. The molecular weight excluding hydrogens is 417 g/mol. The number of hydrogen-bond acceptors (Lipinski definition) is 3. The van der Waals surface area contributed by atoms with Gasteiger partial charge >= 0.3 is 6.11 Å². The van der Waals surface area contributed by atoms with E-state index in [0.717, 1.165) is 24.0 Å². The van der Waals surface area contributed by atoms with E-state index in [9.17, 15) is 13.2 Å². The average Bonchev–Trinajstić information content (AvgIpc) is 2.81. The van der Waals surface area contributed by atoms with E-state index in [2.05, 4.69) is 6.92 Å². The lowest BCUT2D eigenvalue weighted by Gasteiger charge is -2.39. The molecule has 1 saturated heterocycles. The summed E-state index contributed by atoms with van der Waals surface area (Å²) in [5.41, 5.74) is 1.63. The zero-order valence-electron chi connectivity index (χ0n) is 18.4. The summed E-state index contributed by atoms with van der Waals surface area (Å²) in [4.78, 5) is 0. The number of hydrogen-bond donors (Lipinski definition) is 0. The molecule has 0 unspecified atom stereocenters. The lowest BCUT2D eigenvalue weighted by molar-refractivity contribution is -0.247. The maximum absolute atomic E-state index is 14.8. The summed E-state index contributed by atoms with van der Waals surface area (Å²) in [6, 6.07) is 12.5. The molecule has 0 N–H and O–H groups in total. The van der Waals surface area contributed by atoms with Gasteiger partial charge in [-0.25, -0.2) is 4.39 Å². The standard InChI is InChI=1S/C26H31F3O3/c1-2-3-18-16-30-25(31-17-18)21-4-10-22(11-5-21)26(28,29)32-24-14-8-20(9-15-24)19-6-12-23(27)13-7-19/h6-9,12-15,18,21-22,25H,2-5,10-11,16-17H2,1H3. The summed E-state index contributed by atoms with van der Waals surface area (Å²) in [5, 5.41) is 0. The topological polar surface area (TPSA) is 27.7 Å². The number of halogens is 3. The Morgan fingerprint density at radius 2 is 1.44 bits per heavy atom. The molecule has 1 aliphatic carbocycles. The summed E-state index contributed by atoms with van der Waals surface area (Å²) < 4.78 is 59.7. The minimum atomic E-state index is -3.23. The van der Waals surface area contributed by atoms with E-state index in [0.29, 0.717) is 44.8 Å². The van der Waals surface area contributed by atoms with Gasteiger partial charge < -0.3 is 14.2 Å². The molecule has 1 saturated carbocycles. The molecule has 6 heteroatoms. The first-order chi connectivity index (χ1) is 15.4. The van der Waals surface area contributed by atoms with Crippen LogP contribution in [0.3, 0.4) is 0 Å². The summed E-state index contributed by atoms with van der Waals surface area (Å²) in [7, 11) is 0. The van der Waals surface area contributed by atoms with Gasteiger partial charge in [0.1, 0.15) is 11.6 Å². The highest BCUT2D eigenvalue weighted by Gasteiger charge is 2.45. The van der Waals surface area contributed by atoms with Crippen LogP contribution in [-0.2, 0) is 9.47 Å². The van der Waals surface area contributed by atoms with E-state index in [4.69, 9.17) is 14.2 Å². The van der Waals surface area contributed by atoms with Crippen molar-refractivity contribution >= 4 is 0 Å². The Bertz CT molecular complexity index is 838. The largest absolute Gasteiger partial charge is 0.432 e. The van der Waals surface area contributed by atoms with Crippen LogP contribution < -0.4 is 4.74 Å². The Kier molecular flexibility index (Phi) is 7.41. The molecule has 0 spiro atoms. The minimum Gasteiger partial charge on any atom is -0.432 e. The van der Waals surface area contributed by atoms with Gasteiger partial charge in [-0.1, -0.05) is 37.6 Å². The Hall–Kier alpha value is -2.05. The van der Waals surface area contributed by atoms with Gasteiger partial charge in [0.25, 0.3) is 0 Å². The first-order valence-corrected chi connectivity index (χ1v) is 11.6. The van der Waals surface area contributed by atoms with Crippen molar-refractivity contribution in [3.63, 3.8) is 0 Å². The van der Waals surface area contributed by atoms with Gasteiger partial charge in [-0.3, -0.25) is 0 Å². The number of ether oxygens (including phenoxy) is 3. The predicted molar refractivity (Wildman–Crippen MR) is 117 cm³/mol. The summed E-state index contributed by atoms with van der Waals surface area (Å²) in [6.07, 6.45) is 0.762. The molecule has 3 nitrogen and oxygen atoms in total. The van der Waals surface area contributed by atoms with Gasteiger partial charge in [0.2, 0.25) is 0 Å². The number of rotatable bonds is 7. The maximum Gasteiger partial charge on any atom is 0.400 e. The van der Waals surface area contributed by atoms with Gasteiger partial charge in [-0.15, -0.1) is 0 Å². The molecule has 0 aromatic heterocycles. The summed E-state index contributed by atoms with van der Waals surface area (Å²) >= 11 is 0. The van der Waals surface area contributed by atoms with Crippen molar-refractivity contribution in [3.05, 3.63) is 54.3 Å². The third kappa shape index (κ3) is 5.65. The number of alkyl halides is 2. The van der Waals surface area contributed by atoms with E-state index in [-0.39, 0.29) is 23.8 Å². The van der Waals surface area contributed by atoms with Crippen molar-refractivity contribution < 1.29 is 27.4 Å². The highest BCUT2D eigenvalue weighted by atomic mass is 19.3.